The molecule has 0 aliphatic heterocycles. The molecule has 0 fully saturated rings. The SMILES string of the molecule is O=C(O)CCCC=CCCCCCCCC(=O)OCC(O)CO. The minimum Gasteiger partial charge on any atom is -0.481 e. The monoisotopic (exact) mass is 330 g/mol. The number of allylic oxidation sites excluding steroid dienone is 2. The number of carbonyl (C=O) groups excluding carboxylic acids is 1. The van der Waals surface area contributed by atoms with E-state index < -0.39 is 18.7 Å². The molecule has 0 amide bonds. The third kappa shape index (κ3) is 16.8. The van der Waals surface area contributed by atoms with Crippen LogP contribution in [0.3, 0.4) is 0 Å². The molecule has 0 saturated heterocycles. The molecule has 0 aliphatic rings. The van der Waals surface area contributed by atoms with Crippen molar-refractivity contribution >= 4 is 11.9 Å². The lowest BCUT2D eigenvalue weighted by molar-refractivity contribution is -0.147. The van der Waals surface area contributed by atoms with Crippen molar-refractivity contribution in [1.29, 1.82) is 0 Å². The van der Waals surface area contributed by atoms with E-state index in [1.54, 1.807) is 0 Å². The van der Waals surface area contributed by atoms with Crippen molar-refractivity contribution < 1.29 is 29.6 Å². The van der Waals surface area contributed by atoms with E-state index in [1.807, 2.05) is 6.08 Å². The van der Waals surface area contributed by atoms with E-state index in [-0.39, 0.29) is 19.0 Å². The normalized spacial score (nSPS) is 12.4. The van der Waals surface area contributed by atoms with Gasteiger partial charge in [-0.15, -0.1) is 0 Å². The minimum absolute atomic E-state index is 0.145. The summed E-state index contributed by atoms with van der Waals surface area (Å²) in [5.41, 5.74) is 0. The quantitative estimate of drug-likeness (QED) is 0.242. The predicted octanol–water partition coefficient (Wildman–Crippen LogP) is 2.42. The van der Waals surface area contributed by atoms with Gasteiger partial charge in [0.1, 0.15) is 12.7 Å². The molecule has 23 heavy (non-hydrogen) atoms. The molecule has 6 heteroatoms. The number of aliphatic hydroxyl groups is 2. The van der Waals surface area contributed by atoms with E-state index >= 15 is 0 Å². The lowest BCUT2D eigenvalue weighted by Crippen LogP contribution is -2.21. The van der Waals surface area contributed by atoms with E-state index in [9.17, 15) is 9.59 Å². The Morgan fingerprint density at radius 1 is 0.913 bits per heavy atom. The highest BCUT2D eigenvalue weighted by Gasteiger charge is 2.07. The van der Waals surface area contributed by atoms with Gasteiger partial charge in [-0.1, -0.05) is 31.4 Å². The van der Waals surface area contributed by atoms with Gasteiger partial charge in [0.25, 0.3) is 0 Å². The Morgan fingerprint density at radius 2 is 1.52 bits per heavy atom. The number of carboxylic acids is 1. The number of aliphatic hydroxyl groups excluding tert-OH is 2. The molecule has 0 bridgehead atoms. The predicted molar refractivity (Wildman–Crippen MR) is 87.0 cm³/mol. The Bertz CT molecular complexity index is 340. The molecule has 0 aromatic heterocycles. The van der Waals surface area contributed by atoms with E-state index in [0.717, 1.165) is 44.9 Å². The van der Waals surface area contributed by atoms with Crippen LogP contribution in [-0.4, -0.2) is 46.6 Å². The number of aliphatic carboxylic acids is 1. The summed E-state index contributed by atoms with van der Waals surface area (Å²) in [6.07, 6.45) is 11.3. The second kappa shape index (κ2) is 15.5. The van der Waals surface area contributed by atoms with E-state index in [2.05, 4.69) is 6.08 Å². The zero-order chi connectivity index (χ0) is 17.3. The summed E-state index contributed by atoms with van der Waals surface area (Å²) in [6.45, 7) is -0.546. The molecule has 134 valence electrons. The van der Waals surface area contributed by atoms with Crippen molar-refractivity contribution in [2.45, 2.75) is 70.3 Å². The molecule has 1 unspecified atom stereocenters. The first-order chi connectivity index (χ1) is 11.1. The van der Waals surface area contributed by atoms with Gasteiger partial charge in [-0.2, -0.15) is 0 Å². The van der Waals surface area contributed by atoms with Gasteiger partial charge in [0.15, 0.2) is 0 Å². The largest absolute Gasteiger partial charge is 0.481 e. The Kier molecular flexibility index (Phi) is 14.6. The summed E-state index contributed by atoms with van der Waals surface area (Å²) < 4.78 is 4.81. The van der Waals surface area contributed by atoms with E-state index in [4.69, 9.17) is 20.1 Å². The fourth-order valence-corrected chi connectivity index (χ4v) is 1.98. The highest BCUT2D eigenvalue weighted by molar-refractivity contribution is 5.69. The third-order valence-electron chi connectivity index (χ3n) is 3.33. The number of esters is 1. The summed E-state index contributed by atoms with van der Waals surface area (Å²) >= 11 is 0. The van der Waals surface area contributed by atoms with Gasteiger partial charge in [0.05, 0.1) is 6.61 Å². The number of unbranched alkanes of at least 4 members (excludes halogenated alkanes) is 6. The van der Waals surface area contributed by atoms with Crippen molar-refractivity contribution in [3.05, 3.63) is 12.2 Å². The van der Waals surface area contributed by atoms with Gasteiger partial charge >= 0.3 is 11.9 Å². The fraction of sp³-hybridized carbons (Fsp3) is 0.765. The highest BCUT2D eigenvalue weighted by Crippen LogP contribution is 2.09. The average Bonchev–Trinajstić information content (AvgIpc) is 2.53. The van der Waals surface area contributed by atoms with Crippen LogP contribution in [0, 0.1) is 0 Å². The van der Waals surface area contributed by atoms with Crippen LogP contribution in [0.5, 0.6) is 0 Å². The van der Waals surface area contributed by atoms with Crippen LogP contribution in [-0.2, 0) is 14.3 Å². The highest BCUT2D eigenvalue weighted by atomic mass is 16.5. The third-order valence-corrected chi connectivity index (χ3v) is 3.33. The van der Waals surface area contributed by atoms with E-state index in [1.165, 1.54) is 0 Å². The Balaban J connectivity index is 3.28. The van der Waals surface area contributed by atoms with Crippen LogP contribution in [0.1, 0.15) is 64.2 Å². The molecule has 0 rings (SSSR count). The number of hydrogen-bond acceptors (Lipinski definition) is 5. The van der Waals surface area contributed by atoms with Crippen LogP contribution in [0.15, 0.2) is 12.2 Å². The first kappa shape index (κ1) is 21.6. The van der Waals surface area contributed by atoms with Gasteiger partial charge < -0.3 is 20.1 Å². The molecule has 0 aromatic rings. The maximum atomic E-state index is 11.3. The molecule has 6 nitrogen and oxygen atoms in total. The number of rotatable bonds is 15. The molecule has 1 atom stereocenters. The Hall–Kier alpha value is -1.40. The van der Waals surface area contributed by atoms with Crippen LogP contribution in [0.4, 0.5) is 0 Å². The molecule has 3 N–H and O–H groups in total. The minimum atomic E-state index is -0.990. The van der Waals surface area contributed by atoms with Crippen molar-refractivity contribution in [3.8, 4) is 0 Å². The van der Waals surface area contributed by atoms with Crippen molar-refractivity contribution in [1.82, 2.24) is 0 Å². The lowest BCUT2D eigenvalue weighted by Gasteiger charge is -2.08. The Labute approximate surface area is 138 Å². The number of hydrogen-bond donors (Lipinski definition) is 3. The molecular weight excluding hydrogens is 300 g/mol. The van der Waals surface area contributed by atoms with Gasteiger partial charge in [-0.05, 0) is 32.1 Å². The number of carbonyl (C=O) groups is 2. The Morgan fingerprint density at radius 3 is 2.17 bits per heavy atom. The lowest BCUT2D eigenvalue weighted by atomic mass is 10.1. The first-order valence-corrected chi connectivity index (χ1v) is 8.37. The summed E-state index contributed by atoms with van der Waals surface area (Å²) in [5, 5.41) is 26.1. The molecule has 0 saturated carbocycles. The summed E-state index contributed by atoms with van der Waals surface area (Å²) in [6, 6.07) is 0. The van der Waals surface area contributed by atoms with Crippen LogP contribution >= 0.6 is 0 Å². The van der Waals surface area contributed by atoms with Crippen LogP contribution in [0.25, 0.3) is 0 Å². The second-order valence-electron chi connectivity index (χ2n) is 5.58. The van der Waals surface area contributed by atoms with Crippen molar-refractivity contribution in [2.24, 2.45) is 0 Å². The average molecular weight is 330 g/mol. The molecule has 0 radical (unpaired) electrons. The van der Waals surface area contributed by atoms with Gasteiger partial charge in [-0.3, -0.25) is 9.59 Å². The standard InChI is InChI=1S/C17H30O6/c18-13-15(19)14-23-17(22)12-10-8-6-4-2-1-3-5-7-9-11-16(20)21/h3,5,15,18-19H,1-2,4,6-14H2,(H,20,21). The van der Waals surface area contributed by atoms with Crippen LogP contribution in [0.2, 0.25) is 0 Å². The van der Waals surface area contributed by atoms with Crippen molar-refractivity contribution in [2.75, 3.05) is 13.2 Å². The second-order valence-corrected chi connectivity index (χ2v) is 5.58. The summed E-state index contributed by atoms with van der Waals surface area (Å²) in [7, 11) is 0. The molecule has 0 aliphatic carbocycles. The molecule has 0 heterocycles. The van der Waals surface area contributed by atoms with Gasteiger partial charge in [0, 0.05) is 12.8 Å². The number of carboxylic acid groups (broad SMARTS) is 1. The molecule has 0 aromatic carbocycles. The van der Waals surface area contributed by atoms with Gasteiger partial charge in [-0.25, -0.2) is 0 Å². The smallest absolute Gasteiger partial charge is 0.305 e. The summed E-state index contributed by atoms with van der Waals surface area (Å²) in [5.74, 6) is -1.08. The van der Waals surface area contributed by atoms with Crippen molar-refractivity contribution in [3.63, 3.8) is 0 Å². The fourth-order valence-electron chi connectivity index (χ4n) is 1.98. The maximum absolute atomic E-state index is 11.3. The summed E-state index contributed by atoms with van der Waals surface area (Å²) in [4.78, 5) is 21.6. The van der Waals surface area contributed by atoms with Gasteiger partial charge in [0.2, 0.25) is 0 Å². The van der Waals surface area contributed by atoms with E-state index in [0.29, 0.717) is 12.8 Å². The zero-order valence-corrected chi connectivity index (χ0v) is 13.8. The first-order valence-electron chi connectivity index (χ1n) is 8.37. The van der Waals surface area contributed by atoms with Crippen LogP contribution < -0.4 is 0 Å². The zero-order valence-electron chi connectivity index (χ0n) is 13.8. The molecular formula is C17H30O6. The molecule has 0 spiro atoms. The number of ether oxygens (including phenoxy) is 1. The maximum Gasteiger partial charge on any atom is 0.305 e. The topological polar surface area (TPSA) is 104 Å².